The molecule has 9 rings (SSSR count). The summed E-state index contributed by atoms with van der Waals surface area (Å²) in [6, 6.07) is 57.8. The monoisotopic (exact) mass is 635 g/mol. The maximum absolute atomic E-state index is 10.5. The fourth-order valence-corrected chi connectivity index (χ4v) is 7.49. The summed E-state index contributed by atoms with van der Waals surface area (Å²) in [5, 5.41) is 34.7. The van der Waals surface area contributed by atoms with Crippen LogP contribution in [0.25, 0.3) is 77.2 Å². The first-order chi connectivity index (χ1) is 24.7. The van der Waals surface area contributed by atoms with Crippen molar-refractivity contribution in [1.29, 1.82) is 15.8 Å². The Bertz CT molecular complexity index is 2900. The van der Waals surface area contributed by atoms with Crippen molar-refractivity contribution in [3.05, 3.63) is 168 Å². The van der Waals surface area contributed by atoms with Crippen molar-refractivity contribution in [1.82, 2.24) is 9.13 Å². The third-order valence-corrected chi connectivity index (χ3v) is 9.62. The quantitative estimate of drug-likeness (QED) is 0.193. The van der Waals surface area contributed by atoms with E-state index in [-0.39, 0.29) is 0 Å². The largest absolute Gasteiger partial charge is 0.309 e. The molecule has 0 saturated heterocycles. The number of hydrogen-bond donors (Lipinski definition) is 0. The molecular weight excluding hydrogens is 611 g/mol. The van der Waals surface area contributed by atoms with Crippen LogP contribution in [0.3, 0.4) is 0 Å². The molecule has 9 aromatic rings. The van der Waals surface area contributed by atoms with Gasteiger partial charge in [-0.2, -0.15) is 15.8 Å². The fourth-order valence-electron chi connectivity index (χ4n) is 7.49. The molecule has 5 nitrogen and oxygen atoms in total. The molecule has 230 valence electrons. The minimum absolute atomic E-state index is 0.415. The Labute approximate surface area is 287 Å². The first kappa shape index (κ1) is 28.8. The number of nitriles is 3. The Kier molecular flexibility index (Phi) is 6.56. The van der Waals surface area contributed by atoms with E-state index in [2.05, 4.69) is 118 Å². The Morgan fingerprint density at radius 3 is 1.60 bits per heavy atom. The van der Waals surface area contributed by atoms with Gasteiger partial charge in [-0.25, -0.2) is 0 Å². The molecule has 0 spiro atoms. The summed E-state index contributed by atoms with van der Waals surface area (Å²) in [6.07, 6.45) is 0. The maximum atomic E-state index is 10.5. The molecule has 0 aliphatic rings. The van der Waals surface area contributed by atoms with Gasteiger partial charge in [0.2, 0.25) is 0 Å². The Morgan fingerprint density at radius 1 is 0.400 bits per heavy atom. The number of benzene rings is 7. The predicted molar refractivity (Wildman–Crippen MR) is 200 cm³/mol. The molecule has 0 fully saturated rings. The highest BCUT2D eigenvalue weighted by Gasteiger charge is 2.21. The maximum Gasteiger partial charge on any atom is 0.0998 e. The van der Waals surface area contributed by atoms with Gasteiger partial charge in [-0.05, 0) is 77.9 Å². The molecule has 2 heterocycles. The number of hydrogen-bond acceptors (Lipinski definition) is 3. The highest BCUT2D eigenvalue weighted by Crippen LogP contribution is 2.42. The third kappa shape index (κ3) is 4.31. The molecule has 7 aromatic carbocycles. The van der Waals surface area contributed by atoms with E-state index >= 15 is 0 Å². The zero-order chi connectivity index (χ0) is 33.8. The summed E-state index contributed by atoms with van der Waals surface area (Å²) >= 11 is 0. The lowest BCUT2D eigenvalue weighted by atomic mass is 9.88. The SMILES string of the molecule is N#Cc1cc(C#N)c(-c2ccc(-n3c4ccccc4c4ccccc43)cc2)c(-c2ccccc2-n2c3ccccc3c3cc(C#N)ccc32)c1. The lowest BCUT2D eigenvalue weighted by Crippen LogP contribution is -2.00. The Hall–Kier alpha value is -7.39. The zero-order valence-electron chi connectivity index (χ0n) is 26.7. The van der Waals surface area contributed by atoms with E-state index in [4.69, 9.17) is 0 Å². The van der Waals surface area contributed by atoms with E-state index in [9.17, 15) is 15.8 Å². The molecule has 0 aliphatic heterocycles. The van der Waals surface area contributed by atoms with Crippen LogP contribution >= 0.6 is 0 Å². The van der Waals surface area contributed by atoms with E-state index in [0.29, 0.717) is 16.7 Å². The third-order valence-electron chi connectivity index (χ3n) is 9.62. The molecule has 0 unspecified atom stereocenters. The van der Waals surface area contributed by atoms with E-state index < -0.39 is 0 Å². The minimum Gasteiger partial charge on any atom is -0.309 e. The van der Waals surface area contributed by atoms with Gasteiger partial charge in [-0.15, -0.1) is 0 Å². The molecule has 5 heteroatoms. The lowest BCUT2D eigenvalue weighted by Gasteiger charge is -2.18. The van der Waals surface area contributed by atoms with E-state index in [1.165, 1.54) is 10.8 Å². The number of para-hydroxylation sites is 4. The second-order valence-electron chi connectivity index (χ2n) is 12.3. The van der Waals surface area contributed by atoms with E-state index in [1.807, 2.05) is 54.6 Å². The Balaban J connectivity index is 1.28. The van der Waals surface area contributed by atoms with Crippen LogP contribution < -0.4 is 0 Å². The smallest absolute Gasteiger partial charge is 0.0998 e. The average molecular weight is 636 g/mol. The van der Waals surface area contributed by atoms with Crippen molar-refractivity contribution in [3.63, 3.8) is 0 Å². The van der Waals surface area contributed by atoms with Gasteiger partial charge < -0.3 is 9.13 Å². The van der Waals surface area contributed by atoms with Crippen LogP contribution in [0.2, 0.25) is 0 Å². The summed E-state index contributed by atoms with van der Waals surface area (Å²) in [6.45, 7) is 0. The number of rotatable bonds is 4. The van der Waals surface area contributed by atoms with Gasteiger partial charge in [0.25, 0.3) is 0 Å². The minimum atomic E-state index is 0.415. The average Bonchev–Trinajstić information content (AvgIpc) is 3.70. The Morgan fingerprint density at radius 2 is 0.960 bits per heavy atom. The predicted octanol–water partition coefficient (Wildman–Crippen LogP) is 10.8. The standard InChI is InChI=1S/C45H25N5/c46-26-29-17-22-44-38(24-29)36-11-3-7-15-42(36)50(44)43-16-8-4-12-37(43)39-25-30(27-47)23-32(28-48)45(39)31-18-20-33(21-19-31)49-40-13-5-1-9-34(40)35-10-2-6-14-41(35)49/h1-25H. The number of fused-ring (bicyclic) bond motifs is 6. The van der Waals surface area contributed by atoms with Crippen LogP contribution in [0, 0.1) is 34.0 Å². The van der Waals surface area contributed by atoms with E-state index in [0.717, 1.165) is 66.5 Å². The van der Waals surface area contributed by atoms with Crippen molar-refractivity contribution in [2.45, 2.75) is 0 Å². The van der Waals surface area contributed by atoms with Crippen LogP contribution in [-0.4, -0.2) is 9.13 Å². The van der Waals surface area contributed by atoms with Gasteiger partial charge in [-0.1, -0.05) is 84.9 Å². The summed E-state index contributed by atoms with van der Waals surface area (Å²) in [4.78, 5) is 0. The summed E-state index contributed by atoms with van der Waals surface area (Å²) in [5.74, 6) is 0. The molecule has 50 heavy (non-hydrogen) atoms. The number of nitrogens with zero attached hydrogens (tertiary/aromatic N) is 5. The van der Waals surface area contributed by atoms with Crippen LogP contribution in [0.4, 0.5) is 0 Å². The van der Waals surface area contributed by atoms with Crippen molar-refractivity contribution in [3.8, 4) is 51.8 Å². The first-order valence-electron chi connectivity index (χ1n) is 16.3. The van der Waals surface area contributed by atoms with Crippen LogP contribution in [0.1, 0.15) is 16.7 Å². The molecule has 0 bridgehead atoms. The second kappa shape index (κ2) is 11.4. The van der Waals surface area contributed by atoms with Gasteiger partial charge in [0.15, 0.2) is 0 Å². The van der Waals surface area contributed by atoms with Gasteiger partial charge in [0.05, 0.1) is 62.7 Å². The van der Waals surface area contributed by atoms with E-state index in [1.54, 1.807) is 6.07 Å². The van der Waals surface area contributed by atoms with Gasteiger partial charge >= 0.3 is 0 Å². The summed E-state index contributed by atoms with van der Waals surface area (Å²) < 4.78 is 4.48. The first-order valence-corrected chi connectivity index (χ1v) is 16.3. The van der Waals surface area contributed by atoms with Gasteiger partial charge in [0, 0.05) is 38.4 Å². The van der Waals surface area contributed by atoms with Crippen LogP contribution in [0.15, 0.2) is 152 Å². The lowest BCUT2D eigenvalue weighted by molar-refractivity contribution is 1.18. The van der Waals surface area contributed by atoms with Crippen LogP contribution in [0.5, 0.6) is 0 Å². The summed E-state index contributed by atoms with van der Waals surface area (Å²) in [5.41, 5.74) is 10.9. The van der Waals surface area contributed by atoms with Gasteiger partial charge in [-0.3, -0.25) is 0 Å². The molecule has 0 aliphatic carbocycles. The fraction of sp³-hybridized carbons (Fsp3) is 0. The molecule has 0 atom stereocenters. The van der Waals surface area contributed by atoms with Crippen molar-refractivity contribution >= 4 is 43.6 Å². The molecule has 0 saturated carbocycles. The highest BCUT2D eigenvalue weighted by molar-refractivity contribution is 6.11. The van der Waals surface area contributed by atoms with Crippen molar-refractivity contribution in [2.24, 2.45) is 0 Å². The molecule has 0 N–H and O–H groups in total. The molecule has 0 radical (unpaired) electrons. The molecular formula is C45H25N5. The molecule has 2 aromatic heterocycles. The van der Waals surface area contributed by atoms with Crippen molar-refractivity contribution < 1.29 is 0 Å². The number of aromatic nitrogens is 2. The highest BCUT2D eigenvalue weighted by atomic mass is 15.0. The second-order valence-corrected chi connectivity index (χ2v) is 12.3. The topological polar surface area (TPSA) is 81.2 Å². The van der Waals surface area contributed by atoms with Gasteiger partial charge in [0.1, 0.15) is 0 Å². The zero-order valence-corrected chi connectivity index (χ0v) is 26.7. The summed E-state index contributed by atoms with van der Waals surface area (Å²) in [7, 11) is 0. The molecule has 0 amide bonds. The normalized spacial score (nSPS) is 11.1. The van der Waals surface area contributed by atoms with Crippen LogP contribution in [-0.2, 0) is 0 Å². The van der Waals surface area contributed by atoms with Crippen molar-refractivity contribution in [2.75, 3.05) is 0 Å².